The Morgan fingerprint density at radius 3 is 2.76 bits per heavy atom. The van der Waals surface area contributed by atoms with Crippen molar-refractivity contribution in [2.45, 2.75) is 24.3 Å². The molecule has 34 heavy (non-hydrogen) atoms. The van der Waals surface area contributed by atoms with Crippen LogP contribution < -0.4 is 10.9 Å². The third-order valence-corrected chi connectivity index (χ3v) is 5.76. The molecule has 3 heterocycles. The van der Waals surface area contributed by atoms with Crippen molar-refractivity contribution < 1.29 is 18.0 Å². The van der Waals surface area contributed by atoms with Crippen LogP contribution >= 0.6 is 11.8 Å². The molecule has 0 bridgehead atoms. The van der Waals surface area contributed by atoms with Gasteiger partial charge in [-0.25, -0.2) is 14.6 Å². The number of carbonyl (C=O) groups excluding carboxylic acids is 1. The van der Waals surface area contributed by atoms with Crippen molar-refractivity contribution in [2.24, 2.45) is 0 Å². The zero-order valence-corrected chi connectivity index (χ0v) is 18.7. The van der Waals surface area contributed by atoms with Gasteiger partial charge < -0.3 is 5.32 Å². The number of hydrogen-bond donors (Lipinski definition) is 1. The number of halogens is 3. The van der Waals surface area contributed by atoms with E-state index in [0.717, 1.165) is 12.1 Å². The lowest BCUT2D eigenvalue weighted by Gasteiger charge is -2.10. The molecule has 0 radical (unpaired) electrons. The zero-order chi connectivity index (χ0) is 24.3. The summed E-state index contributed by atoms with van der Waals surface area (Å²) in [6.45, 7) is 0.456. The molecule has 0 aliphatic heterocycles. The van der Waals surface area contributed by atoms with Gasteiger partial charge in [0.2, 0.25) is 0 Å². The Morgan fingerprint density at radius 1 is 1.18 bits per heavy atom. The predicted octanol–water partition coefficient (Wildman–Crippen LogP) is 3.21. The summed E-state index contributed by atoms with van der Waals surface area (Å²) in [5.74, 6) is -0.273. The monoisotopic (exact) mass is 488 g/mol. The number of carbonyl (C=O) groups is 1. The number of nitrogens with one attached hydrogen (secondary N) is 1. The number of alkyl halides is 3. The Hall–Kier alpha value is -3.67. The van der Waals surface area contributed by atoms with Gasteiger partial charge in [0, 0.05) is 12.7 Å². The molecule has 0 aliphatic rings. The topological polar surface area (TPSA) is 94.7 Å². The summed E-state index contributed by atoms with van der Waals surface area (Å²) in [5, 5.41) is 7.83. The maximum atomic E-state index is 13.0. The van der Waals surface area contributed by atoms with E-state index >= 15 is 0 Å². The average molecular weight is 488 g/mol. The molecule has 4 aromatic rings. The summed E-state index contributed by atoms with van der Waals surface area (Å²) in [5.41, 5.74) is -0.0783. The van der Waals surface area contributed by atoms with Crippen LogP contribution in [0.1, 0.15) is 21.5 Å². The summed E-state index contributed by atoms with van der Waals surface area (Å²) < 4.78 is 41.6. The summed E-state index contributed by atoms with van der Waals surface area (Å²) in [6.07, 6.45) is 1.63. The Balaban J connectivity index is 1.47. The summed E-state index contributed by atoms with van der Waals surface area (Å²) >= 11 is 1.37. The highest BCUT2D eigenvalue weighted by atomic mass is 32.2. The fourth-order valence-corrected chi connectivity index (χ4v) is 3.96. The van der Waals surface area contributed by atoms with Gasteiger partial charge in [-0.1, -0.05) is 12.1 Å². The molecule has 0 aliphatic carbocycles. The predicted molar refractivity (Wildman–Crippen MR) is 121 cm³/mol. The minimum atomic E-state index is -4.46. The first kappa shape index (κ1) is 23.5. The standard InChI is InChI=1S/C22H19F3N6O2S/c1-34-20-16(6-3-7-27-20)19(32)26-8-9-31-18-17(11-29-31)21(33)30(13-28-18)12-14-4-2-5-15(10-14)22(23,24)25/h2-7,10-11,13H,8-9,12H2,1H3,(H,26,32). The van der Waals surface area contributed by atoms with Crippen molar-refractivity contribution in [3.63, 3.8) is 0 Å². The lowest BCUT2D eigenvalue weighted by atomic mass is 10.1. The first-order valence-electron chi connectivity index (χ1n) is 10.1. The summed E-state index contributed by atoms with van der Waals surface area (Å²) in [6, 6.07) is 8.17. The minimum absolute atomic E-state index is 0.0597. The van der Waals surface area contributed by atoms with Crippen LogP contribution in [0.4, 0.5) is 13.2 Å². The number of rotatable bonds is 7. The van der Waals surface area contributed by atoms with Crippen LogP contribution in [0.3, 0.4) is 0 Å². The second-order valence-corrected chi connectivity index (χ2v) is 8.09. The highest BCUT2D eigenvalue weighted by molar-refractivity contribution is 7.98. The fourth-order valence-electron chi connectivity index (χ4n) is 3.41. The highest BCUT2D eigenvalue weighted by Gasteiger charge is 2.30. The molecule has 0 atom stereocenters. The molecule has 0 saturated heterocycles. The van der Waals surface area contributed by atoms with Crippen LogP contribution in [0.15, 0.2) is 64.9 Å². The van der Waals surface area contributed by atoms with Gasteiger partial charge >= 0.3 is 6.18 Å². The molecule has 1 N–H and O–H groups in total. The van der Waals surface area contributed by atoms with E-state index < -0.39 is 17.3 Å². The Labute approximate surface area is 195 Å². The molecule has 1 amide bonds. The van der Waals surface area contributed by atoms with E-state index in [1.165, 1.54) is 45.7 Å². The third kappa shape index (κ3) is 4.96. The number of hydrogen-bond acceptors (Lipinski definition) is 6. The number of aromatic nitrogens is 5. The fraction of sp³-hybridized carbons (Fsp3) is 0.227. The first-order chi connectivity index (χ1) is 16.3. The van der Waals surface area contributed by atoms with E-state index in [0.29, 0.717) is 21.8 Å². The van der Waals surface area contributed by atoms with Crippen LogP contribution in [0.2, 0.25) is 0 Å². The molecule has 0 saturated carbocycles. The van der Waals surface area contributed by atoms with Gasteiger partial charge in [-0.05, 0) is 36.1 Å². The lowest BCUT2D eigenvalue weighted by molar-refractivity contribution is -0.137. The molecule has 0 spiro atoms. The van der Waals surface area contributed by atoms with Crippen LogP contribution in [0.25, 0.3) is 11.0 Å². The number of pyridine rings is 1. The molecule has 1 aromatic carbocycles. The second kappa shape index (κ2) is 9.67. The number of nitrogens with zero attached hydrogens (tertiary/aromatic N) is 5. The minimum Gasteiger partial charge on any atom is -0.350 e. The van der Waals surface area contributed by atoms with Crippen molar-refractivity contribution in [3.05, 3.63) is 82.2 Å². The smallest absolute Gasteiger partial charge is 0.350 e. The van der Waals surface area contributed by atoms with Crippen molar-refractivity contribution in [3.8, 4) is 0 Å². The number of benzene rings is 1. The van der Waals surface area contributed by atoms with Gasteiger partial charge in [-0.2, -0.15) is 18.3 Å². The largest absolute Gasteiger partial charge is 0.416 e. The zero-order valence-electron chi connectivity index (χ0n) is 17.9. The summed E-state index contributed by atoms with van der Waals surface area (Å²) in [7, 11) is 0. The van der Waals surface area contributed by atoms with Crippen molar-refractivity contribution >= 4 is 28.7 Å². The molecule has 0 fully saturated rings. The second-order valence-electron chi connectivity index (χ2n) is 7.30. The van der Waals surface area contributed by atoms with Gasteiger partial charge in [-0.3, -0.25) is 14.2 Å². The Morgan fingerprint density at radius 2 is 2.00 bits per heavy atom. The van der Waals surface area contributed by atoms with Gasteiger partial charge in [0.1, 0.15) is 16.7 Å². The molecule has 0 unspecified atom stereocenters. The molecule has 4 rings (SSSR count). The van der Waals surface area contributed by atoms with E-state index in [1.807, 2.05) is 6.26 Å². The van der Waals surface area contributed by atoms with E-state index in [2.05, 4.69) is 20.4 Å². The summed E-state index contributed by atoms with van der Waals surface area (Å²) in [4.78, 5) is 33.7. The molecule has 176 valence electrons. The van der Waals surface area contributed by atoms with E-state index in [4.69, 9.17) is 0 Å². The average Bonchev–Trinajstić information content (AvgIpc) is 3.24. The van der Waals surface area contributed by atoms with Gasteiger partial charge in [0.05, 0.1) is 30.4 Å². The van der Waals surface area contributed by atoms with Gasteiger partial charge in [-0.15, -0.1) is 11.8 Å². The van der Waals surface area contributed by atoms with Crippen molar-refractivity contribution in [1.29, 1.82) is 0 Å². The third-order valence-electron chi connectivity index (χ3n) is 5.05. The van der Waals surface area contributed by atoms with Crippen molar-refractivity contribution in [2.75, 3.05) is 12.8 Å². The van der Waals surface area contributed by atoms with E-state index in [1.54, 1.807) is 18.3 Å². The number of fused-ring (bicyclic) bond motifs is 1. The maximum Gasteiger partial charge on any atom is 0.416 e. The molecular formula is C22H19F3N6O2S. The van der Waals surface area contributed by atoms with Crippen LogP contribution in [-0.2, 0) is 19.3 Å². The van der Waals surface area contributed by atoms with Gasteiger partial charge in [0.25, 0.3) is 11.5 Å². The Bertz CT molecular complexity index is 1400. The quantitative estimate of drug-likeness (QED) is 0.402. The number of amides is 1. The van der Waals surface area contributed by atoms with Crippen LogP contribution in [0.5, 0.6) is 0 Å². The molecule has 3 aromatic heterocycles. The highest BCUT2D eigenvalue weighted by Crippen LogP contribution is 2.29. The van der Waals surface area contributed by atoms with Crippen LogP contribution in [-0.4, -0.2) is 43.0 Å². The van der Waals surface area contributed by atoms with Gasteiger partial charge in [0.15, 0.2) is 5.65 Å². The normalized spacial score (nSPS) is 11.6. The Kier molecular flexibility index (Phi) is 6.68. The van der Waals surface area contributed by atoms with E-state index in [9.17, 15) is 22.8 Å². The lowest BCUT2D eigenvalue weighted by Crippen LogP contribution is -2.28. The van der Waals surface area contributed by atoms with Crippen molar-refractivity contribution in [1.82, 2.24) is 29.6 Å². The SMILES string of the molecule is CSc1ncccc1C(=O)NCCn1ncc2c(=O)n(Cc3cccc(C(F)(F)F)c3)cnc21. The number of thioether (sulfide) groups is 1. The molecule has 12 heteroatoms. The first-order valence-corrected chi connectivity index (χ1v) is 11.3. The molecule has 8 nitrogen and oxygen atoms in total. The molecular weight excluding hydrogens is 469 g/mol. The maximum absolute atomic E-state index is 13.0. The van der Waals surface area contributed by atoms with E-state index in [-0.39, 0.29) is 30.9 Å². The van der Waals surface area contributed by atoms with Crippen LogP contribution in [0, 0.1) is 0 Å².